The third kappa shape index (κ3) is 3.05. The third-order valence-electron chi connectivity index (χ3n) is 2.86. The van der Waals surface area contributed by atoms with Crippen molar-refractivity contribution in [3.63, 3.8) is 0 Å². The van der Waals surface area contributed by atoms with Gasteiger partial charge in [0.2, 0.25) is 5.91 Å². The first-order chi connectivity index (χ1) is 8.31. The van der Waals surface area contributed by atoms with Crippen molar-refractivity contribution in [3.05, 3.63) is 35.9 Å². The SMILES string of the molecule is COCC(=O)N1CCOC(c2ccccc2)C1. The van der Waals surface area contributed by atoms with Crippen molar-refractivity contribution in [2.45, 2.75) is 6.10 Å². The molecule has 0 aliphatic carbocycles. The Bertz CT molecular complexity index is 366. The highest BCUT2D eigenvalue weighted by molar-refractivity contribution is 5.77. The second-order valence-corrected chi connectivity index (χ2v) is 4.04. The van der Waals surface area contributed by atoms with Crippen LogP contribution in [0, 0.1) is 0 Å². The van der Waals surface area contributed by atoms with Crippen LogP contribution in [0.4, 0.5) is 0 Å². The minimum atomic E-state index is -0.0224. The molecule has 92 valence electrons. The molecule has 0 spiro atoms. The van der Waals surface area contributed by atoms with Gasteiger partial charge in [-0.3, -0.25) is 4.79 Å². The summed E-state index contributed by atoms with van der Waals surface area (Å²) in [6.45, 7) is 1.97. The van der Waals surface area contributed by atoms with Crippen LogP contribution >= 0.6 is 0 Å². The normalized spacial score (nSPS) is 20.3. The Morgan fingerprint density at radius 2 is 2.24 bits per heavy atom. The molecule has 1 unspecified atom stereocenters. The summed E-state index contributed by atoms with van der Waals surface area (Å²) in [5.74, 6) is 0.0248. The number of hydrogen-bond donors (Lipinski definition) is 0. The predicted octanol–water partition coefficient (Wildman–Crippen LogP) is 1.23. The quantitative estimate of drug-likeness (QED) is 0.791. The molecule has 17 heavy (non-hydrogen) atoms. The van der Waals surface area contributed by atoms with Crippen LogP contribution in [-0.4, -0.2) is 44.2 Å². The largest absolute Gasteiger partial charge is 0.375 e. The lowest BCUT2D eigenvalue weighted by Crippen LogP contribution is -2.43. The van der Waals surface area contributed by atoms with Crippen molar-refractivity contribution in [1.82, 2.24) is 4.90 Å². The fourth-order valence-corrected chi connectivity index (χ4v) is 1.96. The Morgan fingerprint density at radius 3 is 2.94 bits per heavy atom. The minimum Gasteiger partial charge on any atom is -0.375 e. The number of benzene rings is 1. The van der Waals surface area contributed by atoms with E-state index in [0.717, 1.165) is 5.56 Å². The number of ether oxygens (including phenoxy) is 2. The third-order valence-corrected chi connectivity index (χ3v) is 2.86. The summed E-state index contributed by atoms with van der Waals surface area (Å²) in [6, 6.07) is 9.98. The topological polar surface area (TPSA) is 38.8 Å². The lowest BCUT2D eigenvalue weighted by atomic mass is 10.1. The molecule has 0 aromatic heterocycles. The van der Waals surface area contributed by atoms with Crippen molar-refractivity contribution in [2.75, 3.05) is 33.4 Å². The Labute approximate surface area is 101 Å². The van der Waals surface area contributed by atoms with E-state index in [1.807, 2.05) is 30.3 Å². The number of carbonyl (C=O) groups excluding carboxylic acids is 1. The van der Waals surface area contributed by atoms with E-state index in [4.69, 9.17) is 9.47 Å². The Kier molecular flexibility index (Phi) is 4.12. The molecule has 0 N–H and O–H groups in total. The van der Waals surface area contributed by atoms with Gasteiger partial charge in [0.25, 0.3) is 0 Å². The lowest BCUT2D eigenvalue weighted by Gasteiger charge is -2.33. The number of rotatable bonds is 3. The van der Waals surface area contributed by atoms with Crippen LogP contribution in [0.2, 0.25) is 0 Å². The van der Waals surface area contributed by atoms with Gasteiger partial charge in [-0.1, -0.05) is 30.3 Å². The number of morpholine rings is 1. The van der Waals surface area contributed by atoms with Crippen molar-refractivity contribution < 1.29 is 14.3 Å². The van der Waals surface area contributed by atoms with Crippen molar-refractivity contribution in [1.29, 1.82) is 0 Å². The van der Waals surface area contributed by atoms with Crippen LogP contribution in [0.25, 0.3) is 0 Å². The Balaban J connectivity index is 2.00. The van der Waals surface area contributed by atoms with E-state index in [9.17, 15) is 4.79 Å². The molecule has 2 rings (SSSR count). The van der Waals surface area contributed by atoms with E-state index >= 15 is 0 Å². The predicted molar refractivity (Wildman–Crippen MR) is 63.6 cm³/mol. The van der Waals surface area contributed by atoms with Crippen LogP contribution in [0.3, 0.4) is 0 Å². The molecular formula is C13H17NO3. The molecule has 1 aliphatic heterocycles. The number of amides is 1. The summed E-state index contributed by atoms with van der Waals surface area (Å²) in [5, 5.41) is 0. The molecule has 1 aromatic rings. The summed E-state index contributed by atoms with van der Waals surface area (Å²) in [4.78, 5) is 13.5. The highest BCUT2D eigenvalue weighted by Crippen LogP contribution is 2.21. The van der Waals surface area contributed by atoms with Gasteiger partial charge in [-0.05, 0) is 5.56 Å². The van der Waals surface area contributed by atoms with Crippen LogP contribution in [0.15, 0.2) is 30.3 Å². The molecule has 1 saturated heterocycles. The first-order valence-corrected chi connectivity index (χ1v) is 5.74. The summed E-state index contributed by atoms with van der Waals surface area (Å²) in [6.07, 6.45) is -0.0224. The molecule has 4 heteroatoms. The maximum Gasteiger partial charge on any atom is 0.248 e. The van der Waals surface area contributed by atoms with E-state index in [1.54, 1.807) is 4.90 Å². The average Bonchev–Trinajstić information content (AvgIpc) is 2.40. The van der Waals surface area contributed by atoms with Crippen LogP contribution in [-0.2, 0) is 14.3 Å². The van der Waals surface area contributed by atoms with Gasteiger partial charge in [0, 0.05) is 13.7 Å². The van der Waals surface area contributed by atoms with E-state index in [0.29, 0.717) is 19.7 Å². The summed E-state index contributed by atoms with van der Waals surface area (Å²) in [5.41, 5.74) is 1.11. The van der Waals surface area contributed by atoms with Gasteiger partial charge in [0.1, 0.15) is 12.7 Å². The molecule has 0 radical (unpaired) electrons. The Morgan fingerprint density at radius 1 is 1.47 bits per heavy atom. The number of carbonyl (C=O) groups is 1. The van der Waals surface area contributed by atoms with Gasteiger partial charge in [0.05, 0.1) is 13.2 Å². The van der Waals surface area contributed by atoms with Crippen LogP contribution in [0.1, 0.15) is 11.7 Å². The van der Waals surface area contributed by atoms with Gasteiger partial charge in [0.15, 0.2) is 0 Å². The zero-order valence-corrected chi connectivity index (χ0v) is 9.96. The number of nitrogens with zero attached hydrogens (tertiary/aromatic N) is 1. The fourth-order valence-electron chi connectivity index (χ4n) is 1.96. The van der Waals surface area contributed by atoms with Crippen LogP contribution < -0.4 is 0 Å². The monoisotopic (exact) mass is 235 g/mol. The number of hydrogen-bond acceptors (Lipinski definition) is 3. The van der Waals surface area contributed by atoms with Crippen molar-refractivity contribution in [2.24, 2.45) is 0 Å². The molecule has 1 fully saturated rings. The molecule has 1 amide bonds. The number of methoxy groups -OCH3 is 1. The van der Waals surface area contributed by atoms with E-state index in [2.05, 4.69) is 0 Å². The summed E-state index contributed by atoms with van der Waals surface area (Å²) >= 11 is 0. The smallest absolute Gasteiger partial charge is 0.248 e. The van der Waals surface area contributed by atoms with E-state index in [1.165, 1.54) is 7.11 Å². The molecule has 0 saturated carbocycles. The average molecular weight is 235 g/mol. The molecule has 1 heterocycles. The van der Waals surface area contributed by atoms with Gasteiger partial charge in [-0.25, -0.2) is 0 Å². The molecule has 0 bridgehead atoms. The molecule has 4 nitrogen and oxygen atoms in total. The minimum absolute atomic E-state index is 0.0224. The zero-order valence-electron chi connectivity index (χ0n) is 9.96. The standard InChI is InChI=1S/C13H17NO3/c1-16-10-13(15)14-7-8-17-12(9-14)11-5-3-2-4-6-11/h2-6,12H,7-10H2,1H3. The second-order valence-electron chi connectivity index (χ2n) is 4.04. The highest BCUT2D eigenvalue weighted by Gasteiger charge is 2.24. The molecule has 1 aliphatic rings. The first kappa shape index (κ1) is 12.1. The second kappa shape index (κ2) is 5.80. The maximum absolute atomic E-state index is 11.7. The fraction of sp³-hybridized carbons (Fsp3) is 0.462. The first-order valence-electron chi connectivity index (χ1n) is 5.74. The molecule has 1 atom stereocenters. The van der Waals surface area contributed by atoms with Crippen molar-refractivity contribution >= 4 is 5.91 Å². The van der Waals surface area contributed by atoms with E-state index < -0.39 is 0 Å². The molecular weight excluding hydrogens is 218 g/mol. The van der Waals surface area contributed by atoms with Crippen LogP contribution in [0.5, 0.6) is 0 Å². The summed E-state index contributed by atoms with van der Waals surface area (Å²) in [7, 11) is 1.53. The van der Waals surface area contributed by atoms with Gasteiger partial charge >= 0.3 is 0 Å². The van der Waals surface area contributed by atoms with Gasteiger partial charge in [-0.15, -0.1) is 0 Å². The van der Waals surface area contributed by atoms with E-state index in [-0.39, 0.29) is 18.6 Å². The lowest BCUT2D eigenvalue weighted by molar-refractivity contribution is -0.142. The highest BCUT2D eigenvalue weighted by atomic mass is 16.5. The summed E-state index contributed by atoms with van der Waals surface area (Å²) < 4.78 is 10.6. The maximum atomic E-state index is 11.7. The Hall–Kier alpha value is -1.39. The molecule has 1 aromatic carbocycles. The zero-order chi connectivity index (χ0) is 12.1. The van der Waals surface area contributed by atoms with Gasteiger partial charge < -0.3 is 14.4 Å². The van der Waals surface area contributed by atoms with Gasteiger partial charge in [-0.2, -0.15) is 0 Å². The van der Waals surface area contributed by atoms with Crippen molar-refractivity contribution in [3.8, 4) is 0 Å².